The zero-order chi connectivity index (χ0) is 17.1. The normalized spacial score (nSPS) is 17.1. The van der Waals surface area contributed by atoms with Gasteiger partial charge in [0.1, 0.15) is 11.8 Å². The standard InChI is InChI=1S/C18H20N2O3S/c1-3-14-7-8-16(23-14)18(22)20-11-24-10-15(20)17(21)19-13-6-4-5-12(2)9-13/h4-9,15H,3,10-11H2,1-2H3,(H,19,21). The SMILES string of the molecule is CCc1ccc(C(=O)N2CSCC2C(=O)Nc2cccc(C)c2)o1. The summed E-state index contributed by atoms with van der Waals surface area (Å²) in [5.41, 5.74) is 1.82. The third-order valence-corrected chi connectivity index (χ3v) is 4.96. The zero-order valence-corrected chi connectivity index (χ0v) is 14.6. The van der Waals surface area contributed by atoms with Crippen LogP contribution < -0.4 is 5.32 Å². The maximum Gasteiger partial charge on any atom is 0.290 e. The van der Waals surface area contributed by atoms with Gasteiger partial charge in [0.2, 0.25) is 5.91 Å². The van der Waals surface area contributed by atoms with Gasteiger partial charge in [-0.25, -0.2) is 0 Å². The Morgan fingerprint density at radius 1 is 1.33 bits per heavy atom. The van der Waals surface area contributed by atoms with E-state index in [2.05, 4.69) is 5.32 Å². The van der Waals surface area contributed by atoms with Crippen LogP contribution >= 0.6 is 11.8 Å². The summed E-state index contributed by atoms with van der Waals surface area (Å²) in [6, 6.07) is 10.6. The van der Waals surface area contributed by atoms with Crippen LogP contribution in [0.1, 0.15) is 28.8 Å². The van der Waals surface area contributed by atoms with Crippen molar-refractivity contribution in [1.29, 1.82) is 0 Å². The van der Waals surface area contributed by atoms with E-state index in [1.54, 1.807) is 28.8 Å². The molecule has 1 aromatic heterocycles. The van der Waals surface area contributed by atoms with E-state index in [1.807, 2.05) is 38.1 Å². The summed E-state index contributed by atoms with van der Waals surface area (Å²) in [7, 11) is 0. The number of amides is 2. The molecule has 1 N–H and O–H groups in total. The summed E-state index contributed by atoms with van der Waals surface area (Å²) in [4.78, 5) is 26.8. The predicted molar refractivity (Wildman–Crippen MR) is 95.2 cm³/mol. The summed E-state index contributed by atoms with van der Waals surface area (Å²) >= 11 is 1.57. The number of rotatable bonds is 4. The Bertz CT molecular complexity index is 756. The molecular weight excluding hydrogens is 324 g/mol. The van der Waals surface area contributed by atoms with Crippen molar-refractivity contribution in [1.82, 2.24) is 4.90 Å². The third kappa shape index (κ3) is 3.48. The van der Waals surface area contributed by atoms with Gasteiger partial charge in [0.15, 0.2) is 5.76 Å². The lowest BCUT2D eigenvalue weighted by Crippen LogP contribution is -2.44. The van der Waals surface area contributed by atoms with Crippen molar-refractivity contribution in [2.75, 3.05) is 16.9 Å². The molecule has 1 aliphatic rings. The summed E-state index contributed by atoms with van der Waals surface area (Å²) in [5, 5.41) is 2.90. The van der Waals surface area contributed by atoms with Crippen LogP contribution in [-0.2, 0) is 11.2 Å². The summed E-state index contributed by atoms with van der Waals surface area (Å²) < 4.78 is 5.54. The Labute approximate surface area is 145 Å². The smallest absolute Gasteiger partial charge is 0.290 e. The Morgan fingerprint density at radius 2 is 2.17 bits per heavy atom. The molecule has 1 fully saturated rings. The van der Waals surface area contributed by atoms with Gasteiger partial charge in [0.25, 0.3) is 5.91 Å². The first-order valence-corrected chi connectivity index (χ1v) is 9.09. The van der Waals surface area contributed by atoms with Crippen molar-refractivity contribution in [2.45, 2.75) is 26.3 Å². The molecule has 1 atom stereocenters. The Kier molecular flexibility index (Phi) is 4.94. The number of nitrogens with zero attached hydrogens (tertiary/aromatic N) is 1. The maximum absolute atomic E-state index is 12.6. The minimum atomic E-state index is -0.488. The van der Waals surface area contributed by atoms with E-state index in [9.17, 15) is 9.59 Å². The number of nitrogens with one attached hydrogen (secondary N) is 1. The quantitative estimate of drug-likeness (QED) is 0.924. The highest BCUT2D eigenvalue weighted by Crippen LogP contribution is 2.25. The minimum Gasteiger partial charge on any atom is -0.456 e. The number of aryl methyl sites for hydroxylation is 2. The van der Waals surface area contributed by atoms with Crippen molar-refractivity contribution >= 4 is 29.3 Å². The Balaban J connectivity index is 1.72. The number of benzene rings is 1. The van der Waals surface area contributed by atoms with Gasteiger partial charge in [0.05, 0.1) is 5.88 Å². The van der Waals surface area contributed by atoms with Gasteiger partial charge in [-0.05, 0) is 36.8 Å². The number of carbonyl (C=O) groups is 2. The van der Waals surface area contributed by atoms with E-state index in [0.717, 1.165) is 23.4 Å². The van der Waals surface area contributed by atoms with E-state index in [-0.39, 0.29) is 11.8 Å². The largest absolute Gasteiger partial charge is 0.456 e. The predicted octanol–water partition coefficient (Wildman–Crippen LogP) is 3.30. The summed E-state index contributed by atoms with van der Waals surface area (Å²) in [6.07, 6.45) is 0.735. The van der Waals surface area contributed by atoms with Crippen LogP contribution in [0.4, 0.5) is 5.69 Å². The maximum atomic E-state index is 12.6. The molecule has 0 bridgehead atoms. The number of thioether (sulfide) groups is 1. The molecule has 24 heavy (non-hydrogen) atoms. The van der Waals surface area contributed by atoms with Crippen LogP contribution in [0.5, 0.6) is 0 Å². The minimum absolute atomic E-state index is 0.166. The molecule has 1 aliphatic heterocycles. The van der Waals surface area contributed by atoms with Crippen LogP contribution in [0.15, 0.2) is 40.8 Å². The van der Waals surface area contributed by atoms with Crippen molar-refractivity contribution in [3.8, 4) is 0 Å². The molecule has 6 heteroatoms. The van der Waals surface area contributed by atoms with Gasteiger partial charge in [-0.15, -0.1) is 11.8 Å². The first-order chi connectivity index (χ1) is 11.6. The number of furan rings is 1. The van der Waals surface area contributed by atoms with Crippen molar-refractivity contribution in [3.63, 3.8) is 0 Å². The highest BCUT2D eigenvalue weighted by Gasteiger charge is 2.36. The molecule has 0 spiro atoms. The summed E-state index contributed by atoms with van der Waals surface area (Å²) in [5.74, 6) is 1.75. The second kappa shape index (κ2) is 7.13. The zero-order valence-electron chi connectivity index (χ0n) is 13.7. The monoisotopic (exact) mass is 344 g/mol. The fourth-order valence-corrected chi connectivity index (χ4v) is 3.79. The summed E-state index contributed by atoms with van der Waals surface area (Å²) in [6.45, 7) is 3.94. The lowest BCUT2D eigenvalue weighted by Gasteiger charge is -2.22. The molecule has 1 saturated heterocycles. The highest BCUT2D eigenvalue weighted by molar-refractivity contribution is 7.99. The molecule has 0 aliphatic carbocycles. The number of carbonyl (C=O) groups excluding carboxylic acids is 2. The number of hydrogen-bond acceptors (Lipinski definition) is 4. The van der Waals surface area contributed by atoms with Crippen molar-refractivity contribution in [2.24, 2.45) is 0 Å². The molecule has 2 aromatic rings. The molecule has 0 saturated carbocycles. The lowest BCUT2D eigenvalue weighted by molar-refractivity contribution is -0.119. The van der Waals surface area contributed by atoms with Crippen LogP contribution in [0.3, 0.4) is 0 Å². The Hall–Kier alpha value is -2.21. The van der Waals surface area contributed by atoms with E-state index in [1.165, 1.54) is 0 Å². The van der Waals surface area contributed by atoms with Crippen LogP contribution in [0.2, 0.25) is 0 Å². The van der Waals surface area contributed by atoms with E-state index >= 15 is 0 Å². The van der Waals surface area contributed by atoms with Gasteiger partial charge in [-0.2, -0.15) is 0 Å². The van der Waals surface area contributed by atoms with E-state index < -0.39 is 6.04 Å². The van der Waals surface area contributed by atoms with Gasteiger partial charge in [0, 0.05) is 17.9 Å². The number of anilines is 1. The van der Waals surface area contributed by atoms with Crippen LogP contribution in [0.25, 0.3) is 0 Å². The lowest BCUT2D eigenvalue weighted by atomic mass is 10.2. The first kappa shape index (κ1) is 16.6. The highest BCUT2D eigenvalue weighted by atomic mass is 32.2. The van der Waals surface area contributed by atoms with Gasteiger partial charge >= 0.3 is 0 Å². The van der Waals surface area contributed by atoms with Crippen molar-refractivity contribution < 1.29 is 14.0 Å². The number of hydrogen-bond donors (Lipinski definition) is 1. The average molecular weight is 344 g/mol. The van der Waals surface area contributed by atoms with Crippen LogP contribution in [-0.4, -0.2) is 34.4 Å². The first-order valence-electron chi connectivity index (χ1n) is 7.93. The molecule has 1 aromatic carbocycles. The van der Waals surface area contributed by atoms with E-state index in [4.69, 9.17) is 4.42 Å². The average Bonchev–Trinajstić information content (AvgIpc) is 3.23. The topological polar surface area (TPSA) is 62.6 Å². The second-order valence-corrected chi connectivity index (χ2v) is 6.77. The molecule has 3 rings (SSSR count). The fourth-order valence-electron chi connectivity index (χ4n) is 2.63. The molecular formula is C18H20N2O3S. The van der Waals surface area contributed by atoms with Crippen molar-refractivity contribution in [3.05, 3.63) is 53.5 Å². The molecule has 1 unspecified atom stereocenters. The molecule has 2 heterocycles. The fraction of sp³-hybridized carbons (Fsp3) is 0.333. The van der Waals surface area contributed by atoms with E-state index in [0.29, 0.717) is 17.4 Å². The Morgan fingerprint density at radius 3 is 2.88 bits per heavy atom. The molecule has 126 valence electrons. The van der Waals surface area contributed by atoms with Gasteiger partial charge in [-0.1, -0.05) is 19.1 Å². The second-order valence-electron chi connectivity index (χ2n) is 5.77. The molecule has 0 radical (unpaired) electrons. The third-order valence-electron chi connectivity index (χ3n) is 3.95. The molecule has 2 amide bonds. The van der Waals surface area contributed by atoms with Gasteiger partial charge < -0.3 is 14.6 Å². The molecule has 5 nitrogen and oxygen atoms in total. The van der Waals surface area contributed by atoms with Gasteiger partial charge in [-0.3, -0.25) is 9.59 Å². The van der Waals surface area contributed by atoms with Crippen LogP contribution in [0, 0.1) is 6.92 Å².